The second-order valence-electron chi connectivity index (χ2n) is 7.82. The van der Waals surface area contributed by atoms with Crippen LogP contribution in [0.4, 0.5) is 0 Å². The Morgan fingerprint density at radius 2 is 1.81 bits per heavy atom. The molecule has 1 aromatic heterocycles. The molecule has 0 unspecified atom stereocenters. The molecule has 27 heavy (non-hydrogen) atoms. The fourth-order valence-electron chi connectivity index (χ4n) is 4.37. The lowest BCUT2D eigenvalue weighted by Crippen LogP contribution is -2.63. The molecule has 2 aliphatic heterocycles. The van der Waals surface area contributed by atoms with E-state index in [2.05, 4.69) is 4.98 Å². The largest absolute Gasteiger partial charge is 0.335 e. The molecule has 7 nitrogen and oxygen atoms in total. The number of hydrogen-bond acceptors (Lipinski definition) is 5. The van der Waals surface area contributed by atoms with Gasteiger partial charge in [-0.2, -0.15) is 0 Å². The van der Waals surface area contributed by atoms with Crippen molar-refractivity contribution < 1.29 is 18.0 Å². The van der Waals surface area contributed by atoms with Gasteiger partial charge < -0.3 is 9.80 Å². The molecule has 2 saturated heterocycles. The predicted octanol–water partition coefficient (Wildman–Crippen LogP) is 0.651. The van der Waals surface area contributed by atoms with E-state index in [1.807, 2.05) is 12.1 Å². The molecule has 3 aliphatic rings. The molecule has 4 rings (SSSR count). The first-order chi connectivity index (χ1) is 12.9. The number of nitrogens with zero attached hydrogens (tertiary/aromatic N) is 3. The zero-order chi connectivity index (χ0) is 19.0. The summed E-state index contributed by atoms with van der Waals surface area (Å²) in [5.41, 5.74) is 0.986. The number of piperazine rings is 1. The number of hydrogen-bond donors (Lipinski definition) is 0. The topological polar surface area (TPSA) is 87.7 Å². The van der Waals surface area contributed by atoms with Crippen molar-refractivity contribution in [2.75, 3.05) is 24.6 Å². The van der Waals surface area contributed by atoms with Crippen molar-refractivity contribution >= 4 is 21.7 Å². The second-order valence-corrected chi connectivity index (χ2v) is 9.97. The van der Waals surface area contributed by atoms with Gasteiger partial charge in [-0.3, -0.25) is 14.6 Å². The minimum atomic E-state index is -3.24. The van der Waals surface area contributed by atoms with Crippen molar-refractivity contribution in [1.82, 2.24) is 14.8 Å². The van der Waals surface area contributed by atoms with E-state index in [0.717, 1.165) is 24.8 Å². The van der Waals surface area contributed by atoms with E-state index in [4.69, 9.17) is 0 Å². The van der Waals surface area contributed by atoms with Gasteiger partial charge in [0.2, 0.25) is 11.8 Å². The Morgan fingerprint density at radius 1 is 1.11 bits per heavy atom. The van der Waals surface area contributed by atoms with Crippen molar-refractivity contribution in [3.05, 3.63) is 30.1 Å². The highest BCUT2D eigenvalue weighted by molar-refractivity contribution is 7.91. The van der Waals surface area contributed by atoms with Crippen LogP contribution < -0.4 is 0 Å². The molecule has 3 fully saturated rings. The summed E-state index contributed by atoms with van der Waals surface area (Å²) in [6.45, 7) is 0.853. The number of fused-ring (bicyclic) bond motifs is 1. The maximum absolute atomic E-state index is 12.8. The molecule has 1 saturated carbocycles. The molecule has 0 radical (unpaired) electrons. The highest BCUT2D eigenvalue weighted by Crippen LogP contribution is 2.33. The standard InChI is InChI=1S/C19H25N3O4S/c23-18(7-6-14-3-2-8-20-11-14)21-9-10-22(19(24)15-4-1-5-15)17-13-27(25,26)12-16(17)21/h2-3,8,11,15-17H,1,4-7,9-10,12-13H2/t16-,17+/m0/s1. The minimum Gasteiger partial charge on any atom is -0.335 e. The first-order valence-electron chi connectivity index (χ1n) is 9.64. The Bertz CT molecular complexity index is 823. The Labute approximate surface area is 159 Å². The van der Waals surface area contributed by atoms with Crippen LogP contribution in [0.2, 0.25) is 0 Å². The number of rotatable bonds is 4. The molecule has 2 atom stereocenters. The molecule has 2 amide bonds. The van der Waals surface area contributed by atoms with E-state index in [9.17, 15) is 18.0 Å². The molecule has 0 N–H and O–H groups in total. The zero-order valence-corrected chi connectivity index (χ0v) is 16.1. The van der Waals surface area contributed by atoms with Crippen LogP contribution in [0.15, 0.2) is 24.5 Å². The molecule has 0 spiro atoms. The number of aryl methyl sites for hydroxylation is 1. The van der Waals surface area contributed by atoms with Gasteiger partial charge in [0.25, 0.3) is 0 Å². The fraction of sp³-hybridized carbons (Fsp3) is 0.632. The Balaban J connectivity index is 1.46. The lowest BCUT2D eigenvalue weighted by atomic mass is 9.83. The van der Waals surface area contributed by atoms with Gasteiger partial charge in [0.1, 0.15) is 0 Å². The van der Waals surface area contributed by atoms with E-state index >= 15 is 0 Å². The summed E-state index contributed by atoms with van der Waals surface area (Å²) < 4.78 is 24.6. The molecule has 146 valence electrons. The second kappa shape index (κ2) is 7.22. The first kappa shape index (κ1) is 18.4. The molecule has 8 heteroatoms. The minimum absolute atomic E-state index is 0.0253. The lowest BCUT2D eigenvalue weighted by molar-refractivity contribution is -0.149. The third kappa shape index (κ3) is 3.72. The van der Waals surface area contributed by atoms with Crippen molar-refractivity contribution in [3.63, 3.8) is 0 Å². The number of aromatic nitrogens is 1. The smallest absolute Gasteiger partial charge is 0.226 e. The summed E-state index contributed by atoms with van der Waals surface area (Å²) in [5.74, 6) is 0.0204. The van der Waals surface area contributed by atoms with E-state index in [0.29, 0.717) is 25.9 Å². The van der Waals surface area contributed by atoms with Gasteiger partial charge in [0.15, 0.2) is 9.84 Å². The normalized spacial score (nSPS) is 27.1. The summed E-state index contributed by atoms with van der Waals surface area (Å²) in [6.07, 6.45) is 7.20. The van der Waals surface area contributed by atoms with E-state index in [-0.39, 0.29) is 35.3 Å². The Morgan fingerprint density at radius 3 is 2.44 bits per heavy atom. The molecule has 0 aromatic carbocycles. The number of pyridine rings is 1. The van der Waals surface area contributed by atoms with E-state index in [1.54, 1.807) is 22.2 Å². The maximum Gasteiger partial charge on any atom is 0.226 e. The van der Waals surface area contributed by atoms with E-state index < -0.39 is 15.9 Å². The molecular weight excluding hydrogens is 366 g/mol. The molecule has 1 aliphatic carbocycles. The van der Waals surface area contributed by atoms with Gasteiger partial charge in [-0.1, -0.05) is 12.5 Å². The number of carbonyl (C=O) groups is 2. The van der Waals surface area contributed by atoms with E-state index in [1.165, 1.54) is 0 Å². The summed E-state index contributed by atoms with van der Waals surface area (Å²) >= 11 is 0. The maximum atomic E-state index is 12.8. The van der Waals surface area contributed by atoms with Crippen molar-refractivity contribution in [2.45, 2.75) is 44.2 Å². The third-order valence-electron chi connectivity index (χ3n) is 6.08. The van der Waals surface area contributed by atoms with Crippen LogP contribution in [0.3, 0.4) is 0 Å². The molecule has 0 bridgehead atoms. The quantitative estimate of drug-likeness (QED) is 0.752. The highest BCUT2D eigenvalue weighted by atomic mass is 32.2. The summed E-state index contributed by atoms with van der Waals surface area (Å²) in [7, 11) is -3.24. The van der Waals surface area contributed by atoms with Crippen molar-refractivity contribution in [3.8, 4) is 0 Å². The van der Waals surface area contributed by atoms with Crippen LogP contribution in [0.1, 0.15) is 31.2 Å². The zero-order valence-electron chi connectivity index (χ0n) is 15.3. The van der Waals surface area contributed by atoms with Gasteiger partial charge in [-0.15, -0.1) is 0 Å². The van der Waals surface area contributed by atoms with Crippen LogP contribution in [-0.4, -0.2) is 71.7 Å². The van der Waals surface area contributed by atoms with Gasteiger partial charge >= 0.3 is 0 Å². The van der Waals surface area contributed by atoms with Crippen LogP contribution in [0, 0.1) is 5.92 Å². The Hall–Kier alpha value is -1.96. The van der Waals surface area contributed by atoms with Crippen molar-refractivity contribution in [1.29, 1.82) is 0 Å². The Kier molecular flexibility index (Phi) is 4.92. The number of carbonyl (C=O) groups excluding carboxylic acids is 2. The highest BCUT2D eigenvalue weighted by Gasteiger charge is 2.50. The summed E-state index contributed by atoms with van der Waals surface area (Å²) in [5, 5.41) is 0. The predicted molar refractivity (Wildman–Crippen MR) is 99.6 cm³/mol. The van der Waals surface area contributed by atoms with Crippen LogP contribution >= 0.6 is 0 Å². The molecular formula is C19H25N3O4S. The molecule has 3 heterocycles. The van der Waals surface area contributed by atoms with Gasteiger partial charge in [0.05, 0.1) is 23.6 Å². The fourth-order valence-corrected chi connectivity index (χ4v) is 6.35. The monoisotopic (exact) mass is 391 g/mol. The summed E-state index contributed by atoms with van der Waals surface area (Å²) in [6, 6.07) is 2.97. The third-order valence-corrected chi connectivity index (χ3v) is 7.78. The first-order valence-corrected chi connectivity index (χ1v) is 11.5. The van der Waals surface area contributed by atoms with Gasteiger partial charge in [-0.25, -0.2) is 8.42 Å². The van der Waals surface area contributed by atoms with Crippen LogP contribution in [-0.2, 0) is 25.8 Å². The lowest BCUT2D eigenvalue weighted by Gasteiger charge is -2.45. The average molecular weight is 391 g/mol. The molecule has 1 aromatic rings. The van der Waals surface area contributed by atoms with Gasteiger partial charge in [-0.05, 0) is 30.9 Å². The summed E-state index contributed by atoms with van der Waals surface area (Å²) in [4.78, 5) is 33.1. The van der Waals surface area contributed by atoms with Crippen LogP contribution in [0.5, 0.6) is 0 Å². The van der Waals surface area contributed by atoms with Crippen molar-refractivity contribution in [2.24, 2.45) is 5.92 Å². The SMILES string of the molecule is O=C(C1CCC1)N1CCN(C(=O)CCc2cccnc2)[C@H]2CS(=O)(=O)C[C@H]21. The van der Waals surface area contributed by atoms with Crippen LogP contribution in [0.25, 0.3) is 0 Å². The van der Waals surface area contributed by atoms with Gasteiger partial charge in [0, 0.05) is 37.8 Å². The average Bonchev–Trinajstić information content (AvgIpc) is 2.92. The number of sulfone groups is 1. The number of amides is 2.